The van der Waals surface area contributed by atoms with Gasteiger partial charge in [-0.15, -0.1) is 0 Å². The number of amides is 1. The number of ether oxygens (including phenoxy) is 1. The van der Waals surface area contributed by atoms with E-state index in [1.807, 2.05) is 36.4 Å². The van der Waals surface area contributed by atoms with Gasteiger partial charge in [-0.25, -0.2) is 0 Å². The smallest absolute Gasteiger partial charge is 0.254 e. The third-order valence-electron chi connectivity index (χ3n) is 10.6. The lowest BCUT2D eigenvalue weighted by atomic mass is 9.49. The molecule has 2 aliphatic rings. The van der Waals surface area contributed by atoms with E-state index in [-0.39, 0.29) is 16.7 Å². The Balaban J connectivity index is 1.37. The molecule has 0 spiro atoms. The minimum absolute atomic E-state index is 0.00985. The fourth-order valence-corrected chi connectivity index (χ4v) is 8.37. The van der Waals surface area contributed by atoms with Crippen molar-refractivity contribution in [2.24, 2.45) is 11.3 Å². The van der Waals surface area contributed by atoms with Crippen LogP contribution in [0.15, 0.2) is 84.9 Å². The van der Waals surface area contributed by atoms with Gasteiger partial charge in [0.1, 0.15) is 5.75 Å². The summed E-state index contributed by atoms with van der Waals surface area (Å²) >= 11 is 0. The van der Waals surface area contributed by atoms with Crippen molar-refractivity contribution in [1.29, 1.82) is 0 Å². The van der Waals surface area contributed by atoms with Crippen LogP contribution in [0.5, 0.6) is 5.75 Å². The molecule has 0 bridgehead atoms. The first-order valence-electron chi connectivity index (χ1n) is 15.8. The van der Waals surface area contributed by atoms with Crippen molar-refractivity contribution in [2.45, 2.75) is 77.7 Å². The molecular weight excluding hydrogens is 514 g/mol. The Labute approximate surface area is 251 Å². The van der Waals surface area contributed by atoms with Crippen molar-refractivity contribution >= 4 is 16.7 Å². The second-order valence-electron chi connectivity index (χ2n) is 13.6. The molecule has 1 fully saturated rings. The van der Waals surface area contributed by atoms with Gasteiger partial charge in [0.25, 0.3) is 5.91 Å². The minimum Gasteiger partial charge on any atom is -0.496 e. The van der Waals surface area contributed by atoms with Crippen molar-refractivity contribution < 1.29 is 9.53 Å². The van der Waals surface area contributed by atoms with Gasteiger partial charge in [-0.3, -0.25) is 4.79 Å². The van der Waals surface area contributed by atoms with Crippen LogP contribution in [0.25, 0.3) is 10.8 Å². The fourth-order valence-electron chi connectivity index (χ4n) is 8.37. The van der Waals surface area contributed by atoms with E-state index in [2.05, 4.69) is 81.1 Å². The van der Waals surface area contributed by atoms with Gasteiger partial charge in [-0.05, 0) is 94.0 Å². The zero-order valence-corrected chi connectivity index (χ0v) is 26.0. The molecule has 6 rings (SSSR count). The highest BCUT2D eigenvalue weighted by Gasteiger charge is 2.52. The van der Waals surface area contributed by atoms with E-state index in [1.54, 1.807) is 18.2 Å². The van der Waals surface area contributed by atoms with Crippen LogP contribution >= 0.6 is 0 Å². The van der Waals surface area contributed by atoms with Gasteiger partial charge >= 0.3 is 0 Å². The molecule has 1 amide bonds. The van der Waals surface area contributed by atoms with Crippen LogP contribution in [0.3, 0.4) is 0 Å². The molecule has 2 aliphatic carbocycles. The van der Waals surface area contributed by atoms with Crippen molar-refractivity contribution in [3.63, 3.8) is 0 Å². The lowest BCUT2D eigenvalue weighted by molar-refractivity contribution is -0.00291. The number of para-hydroxylation sites is 1. The second-order valence-corrected chi connectivity index (χ2v) is 13.6. The molecule has 3 nitrogen and oxygen atoms in total. The normalized spacial score (nSPS) is 23.3. The molecule has 3 heteroatoms. The highest BCUT2D eigenvalue weighted by atomic mass is 16.5. The van der Waals surface area contributed by atoms with Crippen LogP contribution in [-0.4, -0.2) is 24.5 Å². The van der Waals surface area contributed by atoms with Gasteiger partial charge in [0, 0.05) is 24.2 Å². The van der Waals surface area contributed by atoms with E-state index in [4.69, 9.17) is 4.74 Å². The van der Waals surface area contributed by atoms with Crippen molar-refractivity contribution in [3.05, 3.63) is 113 Å². The standard InChI is InChI=1S/C39H45NO2/c1-27(2)29-17-19-34-31(23-29)18-20-36-38(3,21-10-22-39(34,36)4)26-40(25-33-13-8-9-14-35(33)42-5)37(41)32-16-15-28-11-6-7-12-30(28)24-32/h6-9,11-17,19,23-24,27,36H,10,18,20-22,25-26H2,1-5H3. The van der Waals surface area contributed by atoms with E-state index in [9.17, 15) is 4.79 Å². The molecule has 4 aromatic carbocycles. The Bertz CT molecular complexity index is 1610. The van der Waals surface area contributed by atoms with Crippen LogP contribution in [0, 0.1) is 11.3 Å². The zero-order chi connectivity index (χ0) is 29.5. The van der Waals surface area contributed by atoms with E-state index < -0.39 is 0 Å². The predicted molar refractivity (Wildman–Crippen MR) is 173 cm³/mol. The Hall–Kier alpha value is -3.59. The third kappa shape index (κ3) is 5.12. The van der Waals surface area contributed by atoms with Crippen molar-refractivity contribution in [2.75, 3.05) is 13.7 Å². The molecule has 0 heterocycles. The molecular formula is C39H45NO2. The lowest BCUT2D eigenvalue weighted by Crippen LogP contribution is -2.53. The molecule has 1 saturated carbocycles. The van der Waals surface area contributed by atoms with E-state index in [0.29, 0.717) is 18.4 Å². The van der Waals surface area contributed by atoms with Gasteiger partial charge < -0.3 is 9.64 Å². The molecule has 0 radical (unpaired) electrons. The maximum Gasteiger partial charge on any atom is 0.254 e. The molecule has 0 aliphatic heterocycles. The number of methoxy groups -OCH3 is 1. The average Bonchev–Trinajstić information content (AvgIpc) is 3.00. The number of fused-ring (bicyclic) bond motifs is 4. The average molecular weight is 560 g/mol. The number of nitrogens with zero attached hydrogens (tertiary/aromatic N) is 1. The topological polar surface area (TPSA) is 29.5 Å². The number of rotatable bonds is 7. The summed E-state index contributed by atoms with van der Waals surface area (Å²) in [5.74, 6) is 1.99. The van der Waals surface area contributed by atoms with Crippen LogP contribution < -0.4 is 4.74 Å². The van der Waals surface area contributed by atoms with E-state index in [0.717, 1.165) is 47.0 Å². The maximum atomic E-state index is 14.4. The molecule has 0 N–H and O–H groups in total. The summed E-state index contributed by atoms with van der Waals surface area (Å²) in [7, 11) is 1.71. The van der Waals surface area contributed by atoms with Gasteiger partial charge in [-0.1, -0.05) is 101 Å². The van der Waals surface area contributed by atoms with Crippen LogP contribution in [0.4, 0.5) is 0 Å². The summed E-state index contributed by atoms with van der Waals surface area (Å²) < 4.78 is 5.73. The first kappa shape index (κ1) is 28.5. The van der Waals surface area contributed by atoms with Crippen LogP contribution in [-0.2, 0) is 18.4 Å². The van der Waals surface area contributed by atoms with Gasteiger partial charge in [-0.2, -0.15) is 0 Å². The number of carbonyl (C=O) groups excluding carboxylic acids is 1. The van der Waals surface area contributed by atoms with E-state index in [1.165, 1.54) is 24.8 Å². The van der Waals surface area contributed by atoms with E-state index >= 15 is 0 Å². The number of hydrogen-bond donors (Lipinski definition) is 0. The first-order chi connectivity index (χ1) is 20.2. The lowest BCUT2D eigenvalue weighted by Gasteiger charge is -2.56. The van der Waals surface area contributed by atoms with Gasteiger partial charge in [0.15, 0.2) is 0 Å². The van der Waals surface area contributed by atoms with Crippen molar-refractivity contribution in [3.8, 4) is 5.75 Å². The fraction of sp³-hybridized carbons (Fsp3) is 0.410. The molecule has 218 valence electrons. The largest absolute Gasteiger partial charge is 0.496 e. The highest BCUT2D eigenvalue weighted by Crippen LogP contribution is 2.57. The summed E-state index contributed by atoms with van der Waals surface area (Å²) in [6, 6.07) is 29.8. The third-order valence-corrected chi connectivity index (χ3v) is 10.6. The zero-order valence-electron chi connectivity index (χ0n) is 26.0. The van der Waals surface area contributed by atoms with Crippen LogP contribution in [0.1, 0.15) is 91.9 Å². The predicted octanol–water partition coefficient (Wildman–Crippen LogP) is 9.32. The monoisotopic (exact) mass is 559 g/mol. The summed E-state index contributed by atoms with van der Waals surface area (Å²) in [5.41, 5.74) is 6.47. The van der Waals surface area contributed by atoms with Crippen LogP contribution in [0.2, 0.25) is 0 Å². The molecule has 4 aromatic rings. The summed E-state index contributed by atoms with van der Waals surface area (Å²) in [6.07, 6.45) is 5.83. The summed E-state index contributed by atoms with van der Waals surface area (Å²) in [4.78, 5) is 16.5. The maximum absolute atomic E-state index is 14.4. The molecule has 3 atom stereocenters. The SMILES string of the molecule is COc1ccccc1CN(CC1(C)CCCC2(C)c3ccc(C(C)C)cc3CCC12)C(=O)c1ccc2ccccc2c1. The number of aryl methyl sites for hydroxylation is 1. The Morgan fingerprint density at radius 2 is 1.69 bits per heavy atom. The highest BCUT2D eigenvalue weighted by molar-refractivity contribution is 5.98. The summed E-state index contributed by atoms with van der Waals surface area (Å²) in [5, 5.41) is 2.25. The molecule has 42 heavy (non-hydrogen) atoms. The Morgan fingerprint density at radius 1 is 0.929 bits per heavy atom. The first-order valence-corrected chi connectivity index (χ1v) is 15.8. The van der Waals surface area contributed by atoms with Gasteiger partial charge in [0.05, 0.1) is 7.11 Å². The number of hydrogen-bond acceptors (Lipinski definition) is 2. The quantitative estimate of drug-likeness (QED) is 0.226. The Morgan fingerprint density at radius 3 is 2.48 bits per heavy atom. The van der Waals surface area contributed by atoms with Gasteiger partial charge in [0.2, 0.25) is 0 Å². The number of benzene rings is 4. The molecule has 0 saturated heterocycles. The molecule has 0 aromatic heterocycles. The molecule has 3 unspecified atom stereocenters. The minimum atomic E-state index is 0.00985. The Kier molecular flexibility index (Phi) is 7.64. The van der Waals surface area contributed by atoms with Crippen molar-refractivity contribution in [1.82, 2.24) is 4.90 Å². The second kappa shape index (κ2) is 11.2. The summed E-state index contributed by atoms with van der Waals surface area (Å²) in [6.45, 7) is 10.8. The number of carbonyl (C=O) groups is 1.